The normalized spacial score (nSPS) is 8.62. The summed E-state index contributed by atoms with van der Waals surface area (Å²) in [5.41, 5.74) is 1.11. The van der Waals surface area contributed by atoms with Crippen LogP contribution in [0.1, 0.15) is 11.1 Å². The van der Waals surface area contributed by atoms with Crippen molar-refractivity contribution in [2.45, 2.75) is 6.54 Å². The Balaban J connectivity index is 3.07. The highest BCUT2D eigenvalue weighted by Gasteiger charge is 2.01. The number of benzene rings is 1. The summed E-state index contributed by atoms with van der Waals surface area (Å²) in [6.07, 6.45) is 1.41. The third-order valence-electron chi connectivity index (χ3n) is 1.51. The molecule has 1 aromatic rings. The van der Waals surface area contributed by atoms with Gasteiger partial charge in [-0.3, -0.25) is 0 Å². The molecule has 64 valence electrons. The van der Waals surface area contributed by atoms with Gasteiger partial charge in [-0.15, -0.1) is 0 Å². The van der Waals surface area contributed by atoms with Gasteiger partial charge in [0.1, 0.15) is 0 Å². The Kier molecular flexibility index (Phi) is 3.22. The molecule has 3 nitrogen and oxygen atoms in total. The van der Waals surface area contributed by atoms with Gasteiger partial charge in [0.05, 0.1) is 18.2 Å². The highest BCUT2D eigenvalue weighted by Crippen LogP contribution is 2.15. The van der Waals surface area contributed by atoms with E-state index in [1.54, 1.807) is 12.1 Å². The maximum atomic E-state index is 9.84. The Labute approximate surface area is 80.3 Å². The van der Waals surface area contributed by atoms with Gasteiger partial charge in [0.25, 0.3) is 0 Å². The number of hydrogen-bond acceptors (Lipinski definition) is 3. The van der Waals surface area contributed by atoms with E-state index < -0.39 is 0 Å². The van der Waals surface area contributed by atoms with Crippen LogP contribution in [0.4, 0.5) is 0 Å². The molecule has 0 heterocycles. The topological polar surface area (TPSA) is 53.2 Å². The second-order valence-corrected chi connectivity index (χ2v) is 2.76. The van der Waals surface area contributed by atoms with Gasteiger partial charge >= 0.3 is 0 Å². The summed E-state index contributed by atoms with van der Waals surface area (Å²) in [6.45, 7) is 0.170. The number of hydrogen-bond donors (Lipinski definition) is 0. The van der Waals surface area contributed by atoms with Gasteiger partial charge in [-0.25, -0.2) is 9.79 Å². The van der Waals surface area contributed by atoms with Crippen molar-refractivity contribution in [3.8, 4) is 6.07 Å². The lowest BCUT2D eigenvalue weighted by Gasteiger charge is -1.98. The first-order chi connectivity index (χ1) is 6.27. The molecule has 0 atom stereocenters. The van der Waals surface area contributed by atoms with E-state index in [1.807, 2.05) is 6.07 Å². The van der Waals surface area contributed by atoms with Crippen LogP contribution in [-0.4, -0.2) is 6.08 Å². The molecule has 1 aromatic carbocycles. The zero-order valence-electron chi connectivity index (χ0n) is 6.62. The molecule has 0 fully saturated rings. The lowest BCUT2D eigenvalue weighted by atomic mass is 10.1. The second kappa shape index (κ2) is 4.42. The van der Waals surface area contributed by atoms with Gasteiger partial charge < -0.3 is 0 Å². The number of carbonyl (C=O) groups excluding carboxylic acids is 1. The van der Waals surface area contributed by atoms with Gasteiger partial charge in [0.15, 0.2) is 0 Å². The molecule has 0 bridgehead atoms. The van der Waals surface area contributed by atoms with E-state index >= 15 is 0 Å². The standard InChI is InChI=1S/C9H5ClN2O/c10-9-2-1-7(5-12-6-13)8(3-9)4-11/h1-3H,5H2. The third kappa shape index (κ3) is 2.41. The van der Waals surface area contributed by atoms with Crippen LogP contribution in [0.3, 0.4) is 0 Å². The third-order valence-corrected chi connectivity index (χ3v) is 1.74. The fourth-order valence-electron chi connectivity index (χ4n) is 0.908. The van der Waals surface area contributed by atoms with E-state index in [9.17, 15) is 4.79 Å². The first kappa shape index (κ1) is 9.47. The number of nitriles is 1. The molecule has 0 aliphatic carbocycles. The zero-order valence-corrected chi connectivity index (χ0v) is 7.38. The number of isocyanates is 1. The number of aliphatic imine (C=N–C) groups is 1. The highest BCUT2D eigenvalue weighted by atomic mass is 35.5. The van der Waals surface area contributed by atoms with E-state index in [4.69, 9.17) is 16.9 Å². The Morgan fingerprint density at radius 2 is 2.31 bits per heavy atom. The second-order valence-electron chi connectivity index (χ2n) is 2.32. The van der Waals surface area contributed by atoms with Crippen molar-refractivity contribution < 1.29 is 4.79 Å². The quantitative estimate of drug-likeness (QED) is 0.532. The molecule has 0 aliphatic heterocycles. The first-order valence-electron chi connectivity index (χ1n) is 3.50. The van der Waals surface area contributed by atoms with Crippen LogP contribution in [0.2, 0.25) is 5.02 Å². The first-order valence-corrected chi connectivity index (χ1v) is 3.88. The molecule has 0 aliphatic rings. The minimum Gasteiger partial charge on any atom is -0.211 e. The molecule has 0 N–H and O–H groups in total. The minimum atomic E-state index is 0.170. The Morgan fingerprint density at radius 1 is 1.54 bits per heavy atom. The van der Waals surface area contributed by atoms with Crippen molar-refractivity contribution in [3.05, 3.63) is 34.3 Å². The van der Waals surface area contributed by atoms with Crippen LogP contribution in [0, 0.1) is 11.3 Å². The Morgan fingerprint density at radius 3 is 2.92 bits per heavy atom. The molecule has 0 spiro atoms. The molecule has 0 amide bonds. The van der Waals surface area contributed by atoms with Crippen LogP contribution in [0.15, 0.2) is 23.2 Å². The number of nitrogens with zero attached hydrogens (tertiary/aromatic N) is 2. The SMILES string of the molecule is N#Cc1cc(Cl)ccc1CN=C=O. The lowest BCUT2D eigenvalue weighted by Crippen LogP contribution is -1.87. The van der Waals surface area contributed by atoms with Gasteiger partial charge in [-0.2, -0.15) is 5.26 Å². The highest BCUT2D eigenvalue weighted by molar-refractivity contribution is 6.30. The van der Waals surface area contributed by atoms with Crippen molar-refractivity contribution in [2.75, 3.05) is 0 Å². The van der Waals surface area contributed by atoms with Crippen molar-refractivity contribution in [3.63, 3.8) is 0 Å². The van der Waals surface area contributed by atoms with Gasteiger partial charge in [-0.05, 0) is 17.7 Å². The van der Waals surface area contributed by atoms with E-state index in [0.717, 1.165) is 0 Å². The molecule has 0 saturated carbocycles. The van der Waals surface area contributed by atoms with Crippen LogP contribution in [-0.2, 0) is 11.3 Å². The van der Waals surface area contributed by atoms with Crippen molar-refractivity contribution in [2.24, 2.45) is 4.99 Å². The van der Waals surface area contributed by atoms with Gasteiger partial charge in [0, 0.05) is 5.02 Å². The van der Waals surface area contributed by atoms with Crippen molar-refractivity contribution in [1.82, 2.24) is 0 Å². The molecule has 13 heavy (non-hydrogen) atoms. The van der Waals surface area contributed by atoms with Crippen molar-refractivity contribution >= 4 is 17.7 Å². The smallest absolute Gasteiger partial charge is 0.211 e. The molecule has 1 rings (SSSR count). The fourth-order valence-corrected chi connectivity index (χ4v) is 1.08. The van der Waals surface area contributed by atoms with Crippen LogP contribution in [0.5, 0.6) is 0 Å². The van der Waals surface area contributed by atoms with E-state index in [1.165, 1.54) is 12.1 Å². The molecule has 0 radical (unpaired) electrons. The monoisotopic (exact) mass is 192 g/mol. The maximum absolute atomic E-state index is 9.84. The molecule has 4 heteroatoms. The molecule has 0 unspecified atom stereocenters. The lowest BCUT2D eigenvalue weighted by molar-refractivity contribution is 0.563. The summed E-state index contributed by atoms with van der Waals surface area (Å²) in [7, 11) is 0. The fraction of sp³-hybridized carbons (Fsp3) is 0.111. The van der Waals surface area contributed by atoms with E-state index in [-0.39, 0.29) is 6.54 Å². The summed E-state index contributed by atoms with van der Waals surface area (Å²) >= 11 is 5.67. The zero-order chi connectivity index (χ0) is 9.68. The van der Waals surface area contributed by atoms with Crippen LogP contribution in [0.25, 0.3) is 0 Å². The Hall–Kier alpha value is -1.62. The van der Waals surface area contributed by atoms with Crippen molar-refractivity contribution in [1.29, 1.82) is 5.26 Å². The largest absolute Gasteiger partial charge is 0.235 e. The number of rotatable bonds is 2. The molecular weight excluding hydrogens is 188 g/mol. The average molecular weight is 193 g/mol. The van der Waals surface area contributed by atoms with E-state index in [0.29, 0.717) is 16.1 Å². The predicted octanol–water partition coefficient (Wildman–Crippen LogP) is 2.05. The van der Waals surface area contributed by atoms with Gasteiger partial charge in [-0.1, -0.05) is 17.7 Å². The minimum absolute atomic E-state index is 0.170. The molecule has 0 saturated heterocycles. The van der Waals surface area contributed by atoms with Crippen LogP contribution >= 0.6 is 11.6 Å². The summed E-state index contributed by atoms with van der Waals surface area (Å²) < 4.78 is 0. The number of halogens is 1. The van der Waals surface area contributed by atoms with Gasteiger partial charge in [0.2, 0.25) is 6.08 Å². The van der Waals surface area contributed by atoms with E-state index in [2.05, 4.69) is 4.99 Å². The average Bonchev–Trinajstić information content (AvgIpc) is 2.16. The summed E-state index contributed by atoms with van der Waals surface area (Å²) in [5, 5.41) is 9.19. The summed E-state index contributed by atoms with van der Waals surface area (Å²) in [5.74, 6) is 0. The van der Waals surface area contributed by atoms with Crippen LogP contribution < -0.4 is 0 Å². The summed E-state index contributed by atoms with van der Waals surface area (Å²) in [6, 6.07) is 6.83. The summed E-state index contributed by atoms with van der Waals surface area (Å²) in [4.78, 5) is 13.2. The predicted molar refractivity (Wildman–Crippen MR) is 48.0 cm³/mol. The molecule has 0 aromatic heterocycles. The molecular formula is C9H5ClN2O. The Bertz CT molecular complexity index is 403. The maximum Gasteiger partial charge on any atom is 0.235 e.